The molecule has 1 saturated heterocycles. The molecule has 0 unspecified atom stereocenters. The fourth-order valence-corrected chi connectivity index (χ4v) is 4.30. The van der Waals surface area contributed by atoms with Crippen molar-refractivity contribution in [3.05, 3.63) is 46.6 Å². The number of hydrogen-bond acceptors (Lipinski definition) is 5. The number of carbonyl (C=O) groups excluding carboxylic acids is 1. The van der Waals surface area contributed by atoms with Crippen molar-refractivity contribution in [3.8, 4) is 0 Å². The first-order valence-corrected chi connectivity index (χ1v) is 11.2. The van der Waals surface area contributed by atoms with E-state index >= 15 is 0 Å². The number of thioether (sulfide) groups is 1. The van der Waals surface area contributed by atoms with E-state index < -0.39 is 0 Å². The molecule has 5 nitrogen and oxygen atoms in total. The zero-order chi connectivity index (χ0) is 19.9. The van der Waals surface area contributed by atoms with Gasteiger partial charge in [0.25, 0.3) is 5.91 Å². The highest BCUT2D eigenvalue weighted by Gasteiger charge is 2.18. The number of nitrogens with zero attached hydrogens (tertiary/aromatic N) is 4. The van der Waals surface area contributed by atoms with Gasteiger partial charge >= 0.3 is 0 Å². The second-order valence-electron chi connectivity index (χ2n) is 7.09. The van der Waals surface area contributed by atoms with E-state index in [0.717, 1.165) is 61.6 Å². The molecule has 0 atom stereocenters. The highest BCUT2D eigenvalue weighted by atomic mass is 35.5. The summed E-state index contributed by atoms with van der Waals surface area (Å²) in [7, 11) is 2.01. The van der Waals surface area contributed by atoms with Crippen molar-refractivity contribution in [2.45, 2.75) is 43.5 Å². The topological polar surface area (TPSA) is 49.3 Å². The Hall–Kier alpha value is -1.79. The fourth-order valence-electron chi connectivity index (χ4n) is 3.27. The van der Waals surface area contributed by atoms with Crippen molar-refractivity contribution in [1.29, 1.82) is 0 Å². The van der Waals surface area contributed by atoms with Gasteiger partial charge in [-0.1, -0.05) is 42.4 Å². The Morgan fingerprint density at radius 3 is 2.57 bits per heavy atom. The number of piperidine rings is 1. The Morgan fingerprint density at radius 2 is 1.89 bits per heavy atom. The normalized spacial score (nSPS) is 14.2. The molecule has 1 aliphatic rings. The molecular formula is C21H27ClN4OS. The van der Waals surface area contributed by atoms with Crippen molar-refractivity contribution in [2.24, 2.45) is 0 Å². The van der Waals surface area contributed by atoms with Crippen LogP contribution in [0.3, 0.4) is 0 Å². The molecule has 1 aromatic heterocycles. The average Bonchev–Trinajstić information content (AvgIpc) is 2.72. The van der Waals surface area contributed by atoms with E-state index in [1.54, 1.807) is 17.8 Å². The van der Waals surface area contributed by atoms with Crippen LogP contribution in [0.2, 0.25) is 5.15 Å². The zero-order valence-electron chi connectivity index (χ0n) is 16.5. The number of rotatable bonds is 7. The van der Waals surface area contributed by atoms with Gasteiger partial charge in [-0.15, -0.1) is 0 Å². The predicted octanol–water partition coefficient (Wildman–Crippen LogP) is 4.89. The van der Waals surface area contributed by atoms with E-state index in [9.17, 15) is 4.79 Å². The van der Waals surface area contributed by atoms with Gasteiger partial charge in [-0.05, 0) is 43.4 Å². The van der Waals surface area contributed by atoms with Gasteiger partial charge in [0, 0.05) is 44.1 Å². The van der Waals surface area contributed by atoms with Crippen molar-refractivity contribution in [2.75, 3.05) is 31.6 Å². The quantitative estimate of drug-likeness (QED) is 0.364. The molecular weight excluding hydrogens is 392 g/mol. The zero-order valence-corrected chi connectivity index (χ0v) is 18.1. The SMILES string of the molecule is CCCN(C)c1cc(Cl)nc(SCc2ccc(C(=O)N3CCCCC3)cc2)n1. The summed E-state index contributed by atoms with van der Waals surface area (Å²) in [5, 5.41) is 1.12. The fraction of sp³-hybridized carbons (Fsp3) is 0.476. The van der Waals surface area contributed by atoms with Crippen molar-refractivity contribution in [1.82, 2.24) is 14.9 Å². The van der Waals surface area contributed by atoms with Crippen LogP contribution in [0.5, 0.6) is 0 Å². The Labute approximate surface area is 176 Å². The van der Waals surface area contributed by atoms with Gasteiger partial charge in [-0.2, -0.15) is 0 Å². The maximum Gasteiger partial charge on any atom is 0.253 e. The highest BCUT2D eigenvalue weighted by Crippen LogP contribution is 2.24. The van der Waals surface area contributed by atoms with Crippen molar-refractivity contribution >= 4 is 35.1 Å². The van der Waals surface area contributed by atoms with E-state index in [0.29, 0.717) is 10.3 Å². The molecule has 28 heavy (non-hydrogen) atoms. The van der Waals surface area contributed by atoms with Crippen molar-refractivity contribution < 1.29 is 4.79 Å². The Bertz CT molecular complexity index is 793. The van der Waals surface area contributed by atoms with Gasteiger partial charge in [0.05, 0.1) is 0 Å². The second-order valence-corrected chi connectivity index (χ2v) is 8.42. The van der Waals surface area contributed by atoms with Crippen LogP contribution in [0.1, 0.15) is 48.5 Å². The molecule has 3 rings (SSSR count). The summed E-state index contributed by atoms with van der Waals surface area (Å²) in [6, 6.07) is 9.66. The van der Waals surface area contributed by atoms with Crippen LogP contribution < -0.4 is 4.90 Å². The molecule has 7 heteroatoms. The molecule has 0 N–H and O–H groups in total. The number of likely N-dealkylation sites (tertiary alicyclic amines) is 1. The van der Waals surface area contributed by atoms with E-state index in [1.807, 2.05) is 36.2 Å². The third-order valence-corrected chi connectivity index (χ3v) is 5.94. The van der Waals surface area contributed by atoms with Crippen LogP contribution in [0.25, 0.3) is 0 Å². The van der Waals surface area contributed by atoms with Gasteiger partial charge < -0.3 is 9.80 Å². The van der Waals surface area contributed by atoms with E-state index in [2.05, 4.69) is 21.8 Å². The van der Waals surface area contributed by atoms with Gasteiger partial charge in [0.15, 0.2) is 5.16 Å². The minimum Gasteiger partial charge on any atom is -0.360 e. The number of carbonyl (C=O) groups is 1. The molecule has 0 saturated carbocycles. The molecule has 1 fully saturated rings. The molecule has 2 aromatic rings. The first-order valence-electron chi connectivity index (χ1n) is 9.83. The smallest absolute Gasteiger partial charge is 0.253 e. The van der Waals surface area contributed by atoms with Gasteiger partial charge in [0.1, 0.15) is 11.0 Å². The van der Waals surface area contributed by atoms with E-state index in [1.165, 1.54) is 6.42 Å². The molecule has 0 spiro atoms. The molecule has 0 aliphatic carbocycles. The summed E-state index contributed by atoms with van der Waals surface area (Å²) in [6.45, 7) is 4.80. The molecule has 1 aliphatic heterocycles. The molecule has 0 bridgehead atoms. The maximum absolute atomic E-state index is 12.6. The average molecular weight is 419 g/mol. The third-order valence-electron chi connectivity index (χ3n) is 4.82. The third kappa shape index (κ3) is 5.61. The minimum atomic E-state index is 0.140. The molecule has 150 valence electrons. The number of amides is 1. The van der Waals surface area contributed by atoms with Crippen LogP contribution in [-0.2, 0) is 5.75 Å². The molecule has 1 aromatic carbocycles. The van der Waals surface area contributed by atoms with Crippen LogP contribution in [0, 0.1) is 0 Å². The lowest BCUT2D eigenvalue weighted by Gasteiger charge is -2.26. The highest BCUT2D eigenvalue weighted by molar-refractivity contribution is 7.98. The number of aromatic nitrogens is 2. The maximum atomic E-state index is 12.6. The standard InChI is InChI=1S/C21H27ClN4OS/c1-3-11-25(2)19-14-18(22)23-21(24-19)28-15-16-7-9-17(10-8-16)20(27)26-12-5-4-6-13-26/h7-10,14H,3-6,11-13,15H2,1-2H3. The lowest BCUT2D eigenvalue weighted by Crippen LogP contribution is -2.35. The lowest BCUT2D eigenvalue weighted by atomic mass is 10.1. The Balaban J connectivity index is 1.61. The predicted molar refractivity (Wildman–Crippen MR) is 116 cm³/mol. The van der Waals surface area contributed by atoms with E-state index in [4.69, 9.17) is 11.6 Å². The number of anilines is 1. The summed E-state index contributed by atoms with van der Waals surface area (Å²) < 4.78 is 0. The molecule has 1 amide bonds. The lowest BCUT2D eigenvalue weighted by molar-refractivity contribution is 0.0724. The second kappa shape index (κ2) is 10.1. The summed E-state index contributed by atoms with van der Waals surface area (Å²) in [5.74, 6) is 1.71. The van der Waals surface area contributed by atoms with E-state index in [-0.39, 0.29) is 5.91 Å². The number of hydrogen-bond donors (Lipinski definition) is 0. The van der Waals surface area contributed by atoms with Gasteiger partial charge in [-0.3, -0.25) is 4.79 Å². The summed E-state index contributed by atoms with van der Waals surface area (Å²) in [6.07, 6.45) is 4.48. The van der Waals surface area contributed by atoms with Crippen LogP contribution in [0.4, 0.5) is 5.82 Å². The summed E-state index contributed by atoms with van der Waals surface area (Å²) in [5.41, 5.74) is 1.89. The largest absolute Gasteiger partial charge is 0.360 e. The van der Waals surface area contributed by atoms with Gasteiger partial charge in [0.2, 0.25) is 0 Å². The Morgan fingerprint density at radius 1 is 1.18 bits per heavy atom. The Kier molecular flexibility index (Phi) is 7.57. The number of halogens is 1. The van der Waals surface area contributed by atoms with Crippen LogP contribution in [-0.4, -0.2) is 47.5 Å². The van der Waals surface area contributed by atoms with Crippen molar-refractivity contribution in [3.63, 3.8) is 0 Å². The van der Waals surface area contributed by atoms with Gasteiger partial charge in [-0.25, -0.2) is 9.97 Å². The summed E-state index contributed by atoms with van der Waals surface area (Å²) in [4.78, 5) is 25.5. The monoisotopic (exact) mass is 418 g/mol. The summed E-state index contributed by atoms with van der Waals surface area (Å²) >= 11 is 7.72. The molecule has 2 heterocycles. The first-order chi connectivity index (χ1) is 13.6. The van der Waals surface area contributed by atoms with Crippen LogP contribution >= 0.6 is 23.4 Å². The van der Waals surface area contributed by atoms with Crippen LogP contribution in [0.15, 0.2) is 35.5 Å². The number of benzene rings is 1. The first kappa shape index (κ1) is 20.9. The molecule has 0 radical (unpaired) electrons. The minimum absolute atomic E-state index is 0.140.